The minimum Gasteiger partial charge on any atom is -0.359 e. The van der Waals surface area contributed by atoms with Crippen LogP contribution in [-0.4, -0.2) is 17.0 Å². The number of anilines is 1. The van der Waals surface area contributed by atoms with Crippen LogP contribution in [0.2, 0.25) is 0 Å². The summed E-state index contributed by atoms with van der Waals surface area (Å²) in [5.74, 6) is 0.795. The van der Waals surface area contributed by atoms with E-state index >= 15 is 0 Å². The van der Waals surface area contributed by atoms with Crippen molar-refractivity contribution < 1.29 is 0 Å². The van der Waals surface area contributed by atoms with Gasteiger partial charge >= 0.3 is 0 Å². The molecule has 0 atom stereocenters. The van der Waals surface area contributed by atoms with E-state index < -0.39 is 0 Å². The van der Waals surface area contributed by atoms with Crippen LogP contribution >= 0.6 is 15.9 Å². The molecule has 4 heteroatoms. The van der Waals surface area contributed by atoms with Crippen molar-refractivity contribution in [3.63, 3.8) is 0 Å². The fourth-order valence-electron chi connectivity index (χ4n) is 1.10. The number of aromatic amines is 1. The molecule has 0 saturated carbocycles. The number of benzene rings is 1. The van der Waals surface area contributed by atoms with Gasteiger partial charge in [-0.05, 0) is 18.2 Å². The van der Waals surface area contributed by atoms with Crippen molar-refractivity contribution >= 4 is 32.9 Å². The molecular formula is C8H8BrN3. The normalized spacial score (nSPS) is 10.5. The van der Waals surface area contributed by atoms with Crippen molar-refractivity contribution in [3.05, 3.63) is 22.7 Å². The maximum absolute atomic E-state index is 4.28. The third kappa shape index (κ3) is 1.18. The van der Waals surface area contributed by atoms with Gasteiger partial charge < -0.3 is 10.3 Å². The Bertz CT molecular complexity index is 408. The molecule has 0 fully saturated rings. The third-order valence-corrected chi connectivity index (χ3v) is 2.17. The zero-order chi connectivity index (χ0) is 8.55. The number of hydrogen-bond donors (Lipinski definition) is 2. The molecular weight excluding hydrogens is 218 g/mol. The molecule has 0 bridgehead atoms. The van der Waals surface area contributed by atoms with Crippen molar-refractivity contribution in [1.29, 1.82) is 0 Å². The van der Waals surface area contributed by atoms with E-state index in [4.69, 9.17) is 0 Å². The number of hydrogen-bond acceptors (Lipinski definition) is 2. The first-order valence-electron chi connectivity index (χ1n) is 3.62. The number of H-pyrrole nitrogens is 1. The van der Waals surface area contributed by atoms with Crippen molar-refractivity contribution in [3.8, 4) is 0 Å². The Kier molecular flexibility index (Phi) is 1.77. The van der Waals surface area contributed by atoms with Gasteiger partial charge in [0.1, 0.15) is 0 Å². The van der Waals surface area contributed by atoms with E-state index in [1.165, 1.54) is 0 Å². The standard InChI is InChI=1S/C8H8BrN3/c1-10-8-11-6-3-2-5(9)4-7(6)12-8/h2-4H,1H3,(H2,10,11,12). The van der Waals surface area contributed by atoms with Gasteiger partial charge in [0.05, 0.1) is 11.0 Å². The monoisotopic (exact) mass is 225 g/mol. The van der Waals surface area contributed by atoms with Gasteiger partial charge in [0.25, 0.3) is 0 Å². The topological polar surface area (TPSA) is 40.7 Å². The molecule has 2 N–H and O–H groups in total. The van der Waals surface area contributed by atoms with Gasteiger partial charge in [-0.1, -0.05) is 15.9 Å². The molecule has 0 saturated heterocycles. The predicted octanol–water partition coefficient (Wildman–Crippen LogP) is 2.37. The van der Waals surface area contributed by atoms with E-state index in [0.717, 1.165) is 21.5 Å². The summed E-state index contributed by atoms with van der Waals surface area (Å²) < 4.78 is 1.06. The second-order valence-electron chi connectivity index (χ2n) is 2.50. The molecule has 12 heavy (non-hydrogen) atoms. The Morgan fingerprint density at radius 1 is 1.50 bits per heavy atom. The van der Waals surface area contributed by atoms with Gasteiger partial charge in [0, 0.05) is 11.5 Å². The first kappa shape index (κ1) is 7.61. The molecule has 0 aliphatic heterocycles. The molecule has 3 nitrogen and oxygen atoms in total. The Morgan fingerprint density at radius 3 is 3.08 bits per heavy atom. The largest absolute Gasteiger partial charge is 0.359 e. The van der Waals surface area contributed by atoms with Crippen LogP contribution in [0.5, 0.6) is 0 Å². The Hall–Kier alpha value is -1.03. The average Bonchev–Trinajstić information content (AvgIpc) is 2.46. The quantitative estimate of drug-likeness (QED) is 0.783. The zero-order valence-corrected chi connectivity index (χ0v) is 8.14. The van der Waals surface area contributed by atoms with Crippen LogP contribution in [0.3, 0.4) is 0 Å². The summed E-state index contributed by atoms with van der Waals surface area (Å²) in [6.45, 7) is 0. The fourth-order valence-corrected chi connectivity index (χ4v) is 1.46. The summed E-state index contributed by atoms with van der Waals surface area (Å²) in [5, 5.41) is 2.95. The number of nitrogens with zero attached hydrogens (tertiary/aromatic N) is 1. The number of nitrogens with one attached hydrogen (secondary N) is 2. The highest BCUT2D eigenvalue weighted by molar-refractivity contribution is 9.10. The number of rotatable bonds is 1. The third-order valence-electron chi connectivity index (χ3n) is 1.68. The van der Waals surface area contributed by atoms with Crippen LogP contribution in [0.15, 0.2) is 22.7 Å². The minimum absolute atomic E-state index is 0.795. The number of fused-ring (bicyclic) bond motifs is 1. The van der Waals surface area contributed by atoms with Gasteiger partial charge in [-0.15, -0.1) is 0 Å². The molecule has 0 aliphatic rings. The smallest absolute Gasteiger partial charge is 0.200 e. The van der Waals surface area contributed by atoms with Crippen molar-refractivity contribution in [2.45, 2.75) is 0 Å². The van der Waals surface area contributed by atoms with Crippen LogP contribution in [0.4, 0.5) is 5.95 Å². The Balaban J connectivity index is 2.67. The van der Waals surface area contributed by atoms with Crippen LogP contribution in [0.25, 0.3) is 11.0 Å². The fraction of sp³-hybridized carbons (Fsp3) is 0.125. The molecule has 1 aromatic heterocycles. The SMILES string of the molecule is CNc1nc2ccc(Br)cc2[nH]1. The summed E-state index contributed by atoms with van der Waals surface area (Å²) in [7, 11) is 1.84. The maximum Gasteiger partial charge on any atom is 0.200 e. The lowest BCUT2D eigenvalue weighted by Crippen LogP contribution is -1.88. The highest BCUT2D eigenvalue weighted by Crippen LogP contribution is 2.18. The number of imidazole rings is 1. The predicted molar refractivity (Wildman–Crippen MR) is 53.3 cm³/mol. The minimum atomic E-state index is 0.795. The van der Waals surface area contributed by atoms with Crippen LogP contribution in [0.1, 0.15) is 0 Å². The number of aromatic nitrogens is 2. The van der Waals surface area contributed by atoms with E-state index in [0.29, 0.717) is 0 Å². The van der Waals surface area contributed by atoms with Gasteiger partial charge in [-0.25, -0.2) is 4.98 Å². The summed E-state index contributed by atoms with van der Waals surface area (Å²) in [4.78, 5) is 7.42. The summed E-state index contributed by atoms with van der Waals surface area (Å²) in [5.41, 5.74) is 2.01. The van der Waals surface area contributed by atoms with Gasteiger partial charge in [-0.3, -0.25) is 0 Å². The molecule has 0 unspecified atom stereocenters. The molecule has 1 heterocycles. The first-order valence-corrected chi connectivity index (χ1v) is 4.42. The summed E-state index contributed by atoms with van der Waals surface area (Å²) in [6, 6.07) is 5.95. The van der Waals surface area contributed by atoms with Gasteiger partial charge in [-0.2, -0.15) is 0 Å². The summed E-state index contributed by atoms with van der Waals surface area (Å²) in [6.07, 6.45) is 0. The Labute approximate surface area is 78.3 Å². The first-order chi connectivity index (χ1) is 5.79. The molecule has 0 spiro atoms. The van der Waals surface area contributed by atoms with Crippen LogP contribution in [-0.2, 0) is 0 Å². The second kappa shape index (κ2) is 2.79. The molecule has 0 radical (unpaired) electrons. The zero-order valence-electron chi connectivity index (χ0n) is 6.56. The van der Waals surface area contributed by atoms with Crippen molar-refractivity contribution in [2.24, 2.45) is 0 Å². The van der Waals surface area contributed by atoms with E-state index in [1.54, 1.807) is 0 Å². The van der Waals surface area contributed by atoms with Gasteiger partial charge in [0.15, 0.2) is 0 Å². The van der Waals surface area contributed by atoms with E-state index in [-0.39, 0.29) is 0 Å². The molecule has 1 aromatic carbocycles. The highest BCUT2D eigenvalue weighted by atomic mass is 79.9. The molecule has 0 amide bonds. The lowest BCUT2D eigenvalue weighted by molar-refractivity contribution is 1.28. The lowest BCUT2D eigenvalue weighted by atomic mass is 10.3. The molecule has 2 aromatic rings. The maximum atomic E-state index is 4.28. The second-order valence-corrected chi connectivity index (χ2v) is 3.41. The van der Waals surface area contributed by atoms with Crippen LogP contribution in [0, 0.1) is 0 Å². The average molecular weight is 226 g/mol. The molecule has 62 valence electrons. The highest BCUT2D eigenvalue weighted by Gasteiger charge is 1.99. The van der Waals surface area contributed by atoms with E-state index in [9.17, 15) is 0 Å². The van der Waals surface area contributed by atoms with Crippen molar-refractivity contribution in [1.82, 2.24) is 9.97 Å². The Morgan fingerprint density at radius 2 is 2.33 bits per heavy atom. The van der Waals surface area contributed by atoms with Gasteiger partial charge in [0.2, 0.25) is 5.95 Å². The van der Waals surface area contributed by atoms with E-state index in [2.05, 4.69) is 31.2 Å². The molecule has 2 rings (SSSR count). The lowest BCUT2D eigenvalue weighted by Gasteiger charge is -1.88. The van der Waals surface area contributed by atoms with Crippen LogP contribution < -0.4 is 5.32 Å². The van der Waals surface area contributed by atoms with E-state index in [1.807, 2.05) is 25.2 Å². The summed E-state index contributed by atoms with van der Waals surface area (Å²) >= 11 is 3.40. The van der Waals surface area contributed by atoms with Crippen molar-refractivity contribution in [2.75, 3.05) is 12.4 Å². The number of halogens is 1. The molecule has 0 aliphatic carbocycles.